The van der Waals surface area contributed by atoms with Gasteiger partial charge < -0.3 is 15.2 Å². The summed E-state index contributed by atoms with van der Waals surface area (Å²) >= 11 is 0. The van der Waals surface area contributed by atoms with Crippen molar-refractivity contribution in [3.8, 4) is 5.75 Å². The predicted octanol–water partition coefficient (Wildman–Crippen LogP) is 1.90. The van der Waals surface area contributed by atoms with Crippen LogP contribution in [0.2, 0.25) is 0 Å². The summed E-state index contributed by atoms with van der Waals surface area (Å²) in [6.45, 7) is 1.75. The van der Waals surface area contributed by atoms with Crippen molar-refractivity contribution in [1.82, 2.24) is 20.0 Å². The molecule has 0 atom stereocenters. The molecule has 0 unspecified atom stereocenters. The SMILES string of the molecule is COc1cccc(CNC(=O)c2cc(S(=O)(=O)NCc3ccc(C(=O)O)c(C)c3)ncn2)c1. The van der Waals surface area contributed by atoms with Gasteiger partial charge >= 0.3 is 5.97 Å². The highest BCUT2D eigenvalue weighted by Crippen LogP contribution is 2.14. The number of ether oxygens (including phenoxy) is 1. The molecule has 0 aliphatic heterocycles. The molecule has 33 heavy (non-hydrogen) atoms. The first-order chi connectivity index (χ1) is 15.7. The summed E-state index contributed by atoms with van der Waals surface area (Å²) in [6.07, 6.45) is 1.00. The number of nitrogens with zero attached hydrogens (tertiary/aromatic N) is 2. The van der Waals surface area contributed by atoms with E-state index in [1.165, 1.54) is 12.1 Å². The predicted molar refractivity (Wildman–Crippen MR) is 118 cm³/mol. The van der Waals surface area contributed by atoms with Crippen LogP contribution in [0.4, 0.5) is 0 Å². The Morgan fingerprint density at radius 1 is 1.03 bits per heavy atom. The Morgan fingerprint density at radius 2 is 1.79 bits per heavy atom. The molecule has 0 spiro atoms. The summed E-state index contributed by atoms with van der Waals surface area (Å²) in [5.41, 5.74) is 1.93. The molecular formula is C22H22N4O6S. The van der Waals surface area contributed by atoms with E-state index in [2.05, 4.69) is 20.0 Å². The van der Waals surface area contributed by atoms with Crippen molar-refractivity contribution in [1.29, 1.82) is 0 Å². The monoisotopic (exact) mass is 470 g/mol. The number of aryl methyl sites for hydroxylation is 1. The average molecular weight is 471 g/mol. The molecule has 1 aromatic heterocycles. The summed E-state index contributed by atoms with van der Waals surface area (Å²) in [6, 6.07) is 12.8. The molecule has 1 heterocycles. The number of aromatic nitrogens is 2. The Hall–Kier alpha value is -3.83. The highest BCUT2D eigenvalue weighted by molar-refractivity contribution is 7.89. The fourth-order valence-electron chi connectivity index (χ4n) is 2.99. The van der Waals surface area contributed by atoms with Crippen LogP contribution in [0.5, 0.6) is 5.75 Å². The van der Waals surface area contributed by atoms with Crippen LogP contribution < -0.4 is 14.8 Å². The molecule has 0 aliphatic rings. The number of carboxylic acid groups (broad SMARTS) is 1. The number of hydrogen-bond donors (Lipinski definition) is 3. The van der Waals surface area contributed by atoms with Gasteiger partial charge in [-0.05, 0) is 41.8 Å². The van der Waals surface area contributed by atoms with Gasteiger partial charge in [-0.15, -0.1) is 0 Å². The Balaban J connectivity index is 1.67. The number of nitrogens with one attached hydrogen (secondary N) is 2. The summed E-state index contributed by atoms with van der Waals surface area (Å²) in [4.78, 5) is 31.2. The average Bonchev–Trinajstić information content (AvgIpc) is 2.81. The zero-order valence-corrected chi connectivity index (χ0v) is 18.7. The molecule has 0 aliphatic carbocycles. The molecule has 11 heteroatoms. The molecule has 10 nitrogen and oxygen atoms in total. The molecule has 172 valence electrons. The van der Waals surface area contributed by atoms with Gasteiger partial charge in [0, 0.05) is 19.2 Å². The van der Waals surface area contributed by atoms with Gasteiger partial charge in [0.2, 0.25) is 0 Å². The number of hydrogen-bond acceptors (Lipinski definition) is 7. The number of aromatic carboxylic acids is 1. The number of methoxy groups -OCH3 is 1. The van der Waals surface area contributed by atoms with Crippen LogP contribution in [0.1, 0.15) is 37.5 Å². The molecule has 0 bridgehead atoms. The molecule has 1 amide bonds. The molecule has 0 saturated heterocycles. The van der Waals surface area contributed by atoms with E-state index in [1.54, 1.807) is 38.3 Å². The van der Waals surface area contributed by atoms with Gasteiger partial charge in [-0.2, -0.15) is 0 Å². The Kier molecular flexibility index (Phi) is 7.36. The number of rotatable bonds is 9. The maximum atomic E-state index is 12.6. The third kappa shape index (κ3) is 6.11. The van der Waals surface area contributed by atoms with E-state index in [-0.39, 0.29) is 29.4 Å². The number of amides is 1. The lowest BCUT2D eigenvalue weighted by atomic mass is 10.1. The van der Waals surface area contributed by atoms with E-state index in [1.807, 2.05) is 6.07 Å². The van der Waals surface area contributed by atoms with Gasteiger partial charge in [0.25, 0.3) is 15.9 Å². The zero-order valence-electron chi connectivity index (χ0n) is 17.9. The minimum atomic E-state index is -4.04. The third-order valence-electron chi connectivity index (χ3n) is 4.72. The number of carbonyl (C=O) groups excluding carboxylic acids is 1. The van der Waals surface area contributed by atoms with Crippen LogP contribution in [-0.2, 0) is 23.1 Å². The van der Waals surface area contributed by atoms with Crippen molar-refractivity contribution in [2.75, 3.05) is 7.11 Å². The fourth-order valence-corrected chi connectivity index (χ4v) is 3.95. The van der Waals surface area contributed by atoms with Gasteiger partial charge in [-0.3, -0.25) is 4.79 Å². The van der Waals surface area contributed by atoms with Crippen molar-refractivity contribution in [2.24, 2.45) is 0 Å². The minimum Gasteiger partial charge on any atom is -0.497 e. The van der Waals surface area contributed by atoms with Gasteiger partial charge in [0.05, 0.1) is 12.7 Å². The molecule has 3 aromatic rings. The van der Waals surface area contributed by atoms with Crippen LogP contribution >= 0.6 is 0 Å². The highest BCUT2D eigenvalue weighted by Gasteiger charge is 2.19. The van der Waals surface area contributed by atoms with Gasteiger partial charge in [-0.25, -0.2) is 27.9 Å². The summed E-state index contributed by atoms with van der Waals surface area (Å²) in [5.74, 6) is -0.967. The van der Waals surface area contributed by atoms with Crippen LogP contribution in [0.25, 0.3) is 0 Å². The number of carbonyl (C=O) groups is 2. The topological polar surface area (TPSA) is 148 Å². The number of benzene rings is 2. The third-order valence-corrected chi connectivity index (χ3v) is 6.02. The maximum Gasteiger partial charge on any atom is 0.335 e. The minimum absolute atomic E-state index is 0.0789. The van der Waals surface area contributed by atoms with E-state index in [0.29, 0.717) is 16.9 Å². The van der Waals surface area contributed by atoms with Crippen LogP contribution in [0, 0.1) is 6.92 Å². The molecule has 0 radical (unpaired) electrons. The second kappa shape index (κ2) is 10.2. The molecule has 2 aromatic carbocycles. The van der Waals surface area contributed by atoms with E-state index in [9.17, 15) is 18.0 Å². The van der Waals surface area contributed by atoms with Crippen LogP contribution in [0.3, 0.4) is 0 Å². The standard InChI is InChI=1S/C22H22N4O6S/c1-14-8-16(6-7-18(14)22(28)29)12-26-33(30,31)20-10-19(24-13-25-20)21(27)23-11-15-4-3-5-17(9-15)32-2/h3-10,13,26H,11-12H2,1-2H3,(H,23,27)(H,28,29). The van der Waals surface area contributed by atoms with E-state index in [0.717, 1.165) is 18.0 Å². The Labute approximate surface area is 190 Å². The van der Waals surface area contributed by atoms with Crippen molar-refractivity contribution >= 4 is 21.9 Å². The second-order valence-electron chi connectivity index (χ2n) is 7.05. The fraction of sp³-hybridized carbons (Fsp3) is 0.182. The van der Waals surface area contributed by atoms with E-state index in [4.69, 9.17) is 9.84 Å². The summed E-state index contributed by atoms with van der Waals surface area (Å²) in [7, 11) is -2.50. The molecule has 0 saturated carbocycles. The smallest absolute Gasteiger partial charge is 0.335 e. The normalized spacial score (nSPS) is 11.1. The summed E-state index contributed by atoms with van der Waals surface area (Å²) in [5, 5.41) is 11.4. The Morgan fingerprint density at radius 3 is 2.48 bits per heavy atom. The van der Waals surface area contributed by atoms with E-state index < -0.39 is 21.9 Å². The number of carboxylic acids is 1. The van der Waals surface area contributed by atoms with Crippen molar-refractivity contribution in [3.05, 3.63) is 82.8 Å². The number of sulfonamides is 1. The maximum absolute atomic E-state index is 12.6. The van der Waals surface area contributed by atoms with Gasteiger partial charge in [0.15, 0.2) is 5.03 Å². The Bertz CT molecular complexity index is 1290. The van der Waals surface area contributed by atoms with Gasteiger partial charge in [0.1, 0.15) is 17.8 Å². The molecule has 3 rings (SSSR count). The van der Waals surface area contributed by atoms with Crippen LogP contribution in [0.15, 0.2) is 59.9 Å². The van der Waals surface area contributed by atoms with Crippen LogP contribution in [-0.4, -0.2) is 42.5 Å². The lowest BCUT2D eigenvalue weighted by Crippen LogP contribution is -2.27. The lowest BCUT2D eigenvalue weighted by molar-refractivity contribution is 0.0695. The zero-order chi connectivity index (χ0) is 24.0. The first-order valence-electron chi connectivity index (χ1n) is 9.75. The first-order valence-corrected chi connectivity index (χ1v) is 11.2. The molecule has 3 N–H and O–H groups in total. The summed E-state index contributed by atoms with van der Waals surface area (Å²) < 4.78 is 32.8. The molecule has 0 fully saturated rings. The largest absolute Gasteiger partial charge is 0.497 e. The van der Waals surface area contributed by atoms with Crippen molar-refractivity contribution in [2.45, 2.75) is 25.0 Å². The van der Waals surface area contributed by atoms with E-state index >= 15 is 0 Å². The van der Waals surface area contributed by atoms with Crippen molar-refractivity contribution < 1.29 is 27.9 Å². The first kappa shape index (κ1) is 23.8. The van der Waals surface area contributed by atoms with Crippen molar-refractivity contribution in [3.63, 3.8) is 0 Å². The molecular weight excluding hydrogens is 448 g/mol. The highest BCUT2D eigenvalue weighted by atomic mass is 32.2. The lowest BCUT2D eigenvalue weighted by Gasteiger charge is -2.09. The van der Waals surface area contributed by atoms with Gasteiger partial charge in [-0.1, -0.05) is 24.3 Å². The second-order valence-corrected chi connectivity index (χ2v) is 8.77. The quantitative estimate of drug-likeness (QED) is 0.402.